The van der Waals surface area contributed by atoms with E-state index in [9.17, 15) is 12.8 Å². The number of nitrogens with zero attached hydrogens (tertiary/aromatic N) is 1. The fourth-order valence-electron chi connectivity index (χ4n) is 2.42. The van der Waals surface area contributed by atoms with Crippen molar-refractivity contribution in [2.75, 3.05) is 12.3 Å². The van der Waals surface area contributed by atoms with E-state index >= 15 is 0 Å². The lowest BCUT2D eigenvalue weighted by Gasteiger charge is -2.36. The quantitative estimate of drug-likeness (QED) is 0.783. The molecule has 2 rings (SSSR count). The van der Waals surface area contributed by atoms with Crippen LogP contribution in [0.15, 0.2) is 17.0 Å². The Morgan fingerprint density at radius 3 is 2.71 bits per heavy atom. The molecule has 0 radical (unpaired) electrons. The molecule has 0 amide bonds. The molecule has 3 nitrogen and oxygen atoms in total. The van der Waals surface area contributed by atoms with Crippen LogP contribution < -0.4 is 0 Å². The van der Waals surface area contributed by atoms with E-state index in [1.807, 2.05) is 13.8 Å². The zero-order chi connectivity index (χ0) is 15.8. The lowest BCUT2D eigenvalue weighted by Crippen LogP contribution is -2.48. The average Bonchev–Trinajstić information content (AvgIpc) is 2.44. The van der Waals surface area contributed by atoms with Crippen LogP contribution in [0.3, 0.4) is 0 Å². The van der Waals surface area contributed by atoms with Gasteiger partial charge in [-0.25, -0.2) is 12.8 Å². The van der Waals surface area contributed by atoms with Crippen molar-refractivity contribution in [1.29, 1.82) is 0 Å². The summed E-state index contributed by atoms with van der Waals surface area (Å²) in [5.74, 6) is 0.307. The maximum atomic E-state index is 14.0. The van der Waals surface area contributed by atoms with Gasteiger partial charge in [0, 0.05) is 35.0 Å². The fourth-order valence-corrected chi connectivity index (χ4v) is 5.86. The van der Waals surface area contributed by atoms with E-state index in [2.05, 4.69) is 0 Å². The SMILES string of the molecule is Cc1c(F)cc(CCl)cc1S(=O)(=O)N1CCSC(C)C1C. The molecule has 1 fully saturated rings. The molecule has 21 heavy (non-hydrogen) atoms. The molecule has 0 saturated carbocycles. The van der Waals surface area contributed by atoms with E-state index in [0.29, 0.717) is 12.1 Å². The molecule has 1 aliphatic rings. The molecule has 0 bridgehead atoms. The molecule has 2 atom stereocenters. The minimum Gasteiger partial charge on any atom is -0.207 e. The van der Waals surface area contributed by atoms with Crippen molar-refractivity contribution in [1.82, 2.24) is 4.31 Å². The maximum Gasteiger partial charge on any atom is 0.243 e. The number of thioether (sulfide) groups is 1. The third-order valence-electron chi connectivity index (χ3n) is 3.92. The van der Waals surface area contributed by atoms with Crippen molar-refractivity contribution in [3.63, 3.8) is 0 Å². The van der Waals surface area contributed by atoms with Crippen LogP contribution in [0.2, 0.25) is 0 Å². The molecule has 118 valence electrons. The highest BCUT2D eigenvalue weighted by molar-refractivity contribution is 8.00. The summed E-state index contributed by atoms with van der Waals surface area (Å²) in [6.45, 7) is 5.85. The van der Waals surface area contributed by atoms with Crippen molar-refractivity contribution >= 4 is 33.4 Å². The first-order valence-electron chi connectivity index (χ1n) is 6.77. The summed E-state index contributed by atoms with van der Waals surface area (Å²) in [5, 5.41) is 0.217. The second-order valence-corrected chi connectivity index (χ2v) is 8.88. The molecule has 1 aromatic carbocycles. The molecule has 0 aromatic heterocycles. The first-order valence-corrected chi connectivity index (χ1v) is 9.79. The lowest BCUT2D eigenvalue weighted by molar-refractivity contribution is 0.340. The summed E-state index contributed by atoms with van der Waals surface area (Å²) in [4.78, 5) is 0.0316. The summed E-state index contributed by atoms with van der Waals surface area (Å²) in [6, 6.07) is 2.66. The summed E-state index contributed by atoms with van der Waals surface area (Å²) in [6.07, 6.45) is 0. The number of hydrogen-bond acceptors (Lipinski definition) is 3. The first kappa shape index (κ1) is 17.1. The van der Waals surface area contributed by atoms with Crippen molar-refractivity contribution in [2.24, 2.45) is 0 Å². The van der Waals surface area contributed by atoms with Crippen molar-refractivity contribution < 1.29 is 12.8 Å². The largest absolute Gasteiger partial charge is 0.243 e. The predicted molar refractivity (Wildman–Crippen MR) is 86.0 cm³/mol. The van der Waals surface area contributed by atoms with Gasteiger partial charge in [0.25, 0.3) is 0 Å². The Morgan fingerprint density at radius 1 is 1.43 bits per heavy atom. The minimum atomic E-state index is -3.71. The number of halogens is 2. The number of hydrogen-bond donors (Lipinski definition) is 0. The molecular weight excluding hydrogens is 333 g/mol. The summed E-state index contributed by atoms with van der Waals surface area (Å²) < 4.78 is 41.2. The van der Waals surface area contributed by atoms with Gasteiger partial charge in [-0.3, -0.25) is 0 Å². The third-order valence-corrected chi connectivity index (χ3v) is 7.68. The second-order valence-electron chi connectivity index (χ2n) is 5.27. The highest BCUT2D eigenvalue weighted by atomic mass is 35.5. The van der Waals surface area contributed by atoms with Crippen LogP contribution >= 0.6 is 23.4 Å². The average molecular weight is 352 g/mol. The van der Waals surface area contributed by atoms with Gasteiger partial charge in [0.2, 0.25) is 10.0 Å². The smallest absolute Gasteiger partial charge is 0.207 e. The topological polar surface area (TPSA) is 37.4 Å². The predicted octanol–water partition coefficient (Wildman–Crippen LogP) is 3.39. The number of sulfonamides is 1. The van der Waals surface area contributed by atoms with Crippen LogP contribution in [0.1, 0.15) is 25.0 Å². The summed E-state index contributed by atoms with van der Waals surface area (Å²) in [5.41, 5.74) is 0.632. The first-order chi connectivity index (χ1) is 9.78. The van der Waals surface area contributed by atoms with E-state index in [-0.39, 0.29) is 27.6 Å². The van der Waals surface area contributed by atoms with Crippen molar-refractivity contribution in [2.45, 2.75) is 42.8 Å². The van der Waals surface area contributed by atoms with E-state index in [0.717, 1.165) is 5.75 Å². The molecule has 7 heteroatoms. The molecule has 0 aliphatic carbocycles. The van der Waals surface area contributed by atoms with Gasteiger partial charge < -0.3 is 0 Å². The van der Waals surface area contributed by atoms with Crippen LogP contribution in [0.25, 0.3) is 0 Å². The Hall–Kier alpha value is -0.300. The molecule has 1 heterocycles. The van der Waals surface area contributed by atoms with E-state index in [4.69, 9.17) is 11.6 Å². The van der Waals surface area contributed by atoms with Gasteiger partial charge in [-0.05, 0) is 31.5 Å². The molecule has 1 saturated heterocycles. The molecule has 1 aromatic rings. The molecule has 0 N–H and O–H groups in total. The zero-order valence-electron chi connectivity index (χ0n) is 12.3. The Labute approximate surface area is 134 Å². The van der Waals surface area contributed by atoms with Gasteiger partial charge in [-0.2, -0.15) is 16.1 Å². The van der Waals surface area contributed by atoms with Crippen molar-refractivity contribution in [3.8, 4) is 0 Å². The Bertz CT molecular complexity index is 636. The zero-order valence-corrected chi connectivity index (χ0v) is 14.7. The second kappa shape index (κ2) is 6.44. The lowest BCUT2D eigenvalue weighted by atomic mass is 10.1. The third kappa shape index (κ3) is 3.23. The van der Waals surface area contributed by atoms with Crippen LogP contribution in [0.5, 0.6) is 0 Å². The van der Waals surface area contributed by atoms with Gasteiger partial charge >= 0.3 is 0 Å². The minimum absolute atomic E-state index is 0.0316. The summed E-state index contributed by atoms with van der Waals surface area (Å²) >= 11 is 7.49. The Kier molecular flexibility index (Phi) is 5.23. The Morgan fingerprint density at radius 2 is 2.10 bits per heavy atom. The van der Waals surface area contributed by atoms with Crippen molar-refractivity contribution in [3.05, 3.63) is 29.1 Å². The van der Waals surface area contributed by atoms with Gasteiger partial charge in [-0.15, -0.1) is 11.6 Å². The molecule has 2 unspecified atom stereocenters. The number of benzene rings is 1. The highest BCUT2D eigenvalue weighted by Crippen LogP contribution is 2.31. The van der Waals surface area contributed by atoms with E-state index in [1.54, 1.807) is 11.8 Å². The van der Waals surface area contributed by atoms with Crippen LogP contribution in [0, 0.1) is 12.7 Å². The molecular formula is C14H19ClFNO2S2. The van der Waals surface area contributed by atoms with Gasteiger partial charge in [0.1, 0.15) is 5.82 Å². The monoisotopic (exact) mass is 351 g/mol. The highest BCUT2D eigenvalue weighted by Gasteiger charge is 2.36. The number of alkyl halides is 1. The van der Waals surface area contributed by atoms with Crippen LogP contribution in [0.4, 0.5) is 4.39 Å². The van der Waals surface area contributed by atoms with Crippen LogP contribution in [-0.2, 0) is 15.9 Å². The van der Waals surface area contributed by atoms with Gasteiger partial charge in [0.05, 0.1) is 4.90 Å². The Balaban J connectivity index is 2.51. The van der Waals surface area contributed by atoms with Gasteiger partial charge in [-0.1, -0.05) is 6.92 Å². The standard InChI is InChI=1S/C14H19ClFNO2S2/c1-9-13(16)6-12(8-15)7-14(9)21(18,19)17-4-5-20-11(3)10(17)2/h6-7,10-11H,4-5,8H2,1-3H3. The summed E-state index contributed by atoms with van der Waals surface area (Å²) in [7, 11) is -3.71. The van der Waals surface area contributed by atoms with E-state index < -0.39 is 15.8 Å². The number of rotatable bonds is 3. The normalized spacial score (nSPS) is 24.2. The fraction of sp³-hybridized carbons (Fsp3) is 0.571. The van der Waals surface area contributed by atoms with Gasteiger partial charge in [0.15, 0.2) is 0 Å². The van der Waals surface area contributed by atoms with Crippen LogP contribution in [-0.4, -0.2) is 36.3 Å². The molecule has 1 aliphatic heterocycles. The maximum absolute atomic E-state index is 14.0. The molecule has 0 spiro atoms. The van der Waals surface area contributed by atoms with E-state index in [1.165, 1.54) is 23.4 Å².